The maximum absolute atomic E-state index is 13.1. The third kappa shape index (κ3) is 4.51. The van der Waals surface area contributed by atoms with Crippen molar-refractivity contribution in [1.29, 1.82) is 0 Å². The van der Waals surface area contributed by atoms with Gasteiger partial charge in [0.15, 0.2) is 0 Å². The number of nitrogens with zero attached hydrogens (tertiary/aromatic N) is 2. The molecular weight excluding hydrogens is 367 g/mol. The maximum atomic E-state index is 13.1. The predicted molar refractivity (Wildman–Crippen MR) is 102 cm³/mol. The Morgan fingerprint density at radius 3 is 2.37 bits per heavy atom. The zero-order valence-corrected chi connectivity index (χ0v) is 16.9. The third-order valence-corrected chi connectivity index (χ3v) is 7.94. The van der Waals surface area contributed by atoms with Crippen molar-refractivity contribution in [1.82, 2.24) is 9.21 Å². The van der Waals surface area contributed by atoms with E-state index in [1.807, 2.05) is 11.9 Å². The number of rotatable bonds is 4. The average Bonchev–Trinajstić information content (AvgIpc) is 2.68. The second-order valence-corrected chi connectivity index (χ2v) is 9.96. The van der Waals surface area contributed by atoms with Crippen molar-refractivity contribution in [2.45, 2.75) is 56.4 Å². The van der Waals surface area contributed by atoms with E-state index in [0.717, 1.165) is 43.7 Å². The zero-order chi connectivity index (χ0) is 19.6. The van der Waals surface area contributed by atoms with E-state index in [0.29, 0.717) is 19.4 Å². The van der Waals surface area contributed by atoms with Gasteiger partial charge in [0, 0.05) is 26.2 Å². The fraction of sp³-hybridized carbons (Fsp3) is 0.650. The molecular formula is C20H29FN2O3S. The van der Waals surface area contributed by atoms with Gasteiger partial charge < -0.3 is 4.90 Å². The molecule has 150 valence electrons. The molecule has 1 amide bonds. The fourth-order valence-electron chi connectivity index (χ4n) is 4.22. The van der Waals surface area contributed by atoms with Gasteiger partial charge in [0.2, 0.25) is 15.9 Å². The number of halogens is 1. The largest absolute Gasteiger partial charge is 0.342 e. The van der Waals surface area contributed by atoms with E-state index >= 15 is 0 Å². The van der Waals surface area contributed by atoms with Crippen LogP contribution in [0.2, 0.25) is 0 Å². The molecule has 0 spiro atoms. The van der Waals surface area contributed by atoms with E-state index in [-0.39, 0.29) is 29.3 Å². The number of hydrogen-bond acceptors (Lipinski definition) is 3. The van der Waals surface area contributed by atoms with Gasteiger partial charge >= 0.3 is 0 Å². The molecule has 1 saturated heterocycles. The fourth-order valence-corrected chi connectivity index (χ4v) is 5.74. The molecule has 1 atom stereocenters. The SMILES string of the molecule is CC1CCC(N(C)C(=O)C2CCCN(S(=O)(=O)c3ccc(F)cc3)C2)CC1. The highest BCUT2D eigenvalue weighted by Gasteiger charge is 2.36. The van der Waals surface area contributed by atoms with Crippen LogP contribution in [-0.4, -0.2) is 49.7 Å². The first-order chi connectivity index (χ1) is 12.8. The van der Waals surface area contributed by atoms with Gasteiger partial charge in [-0.15, -0.1) is 0 Å². The average molecular weight is 397 g/mol. The zero-order valence-electron chi connectivity index (χ0n) is 16.1. The van der Waals surface area contributed by atoms with Gasteiger partial charge in [-0.1, -0.05) is 6.92 Å². The molecule has 0 N–H and O–H groups in total. The summed E-state index contributed by atoms with van der Waals surface area (Å²) in [5.41, 5.74) is 0. The molecule has 7 heteroatoms. The van der Waals surface area contributed by atoms with Crippen molar-refractivity contribution in [3.8, 4) is 0 Å². The Bertz CT molecular complexity index is 758. The Balaban J connectivity index is 1.68. The lowest BCUT2D eigenvalue weighted by atomic mass is 9.86. The summed E-state index contributed by atoms with van der Waals surface area (Å²) in [7, 11) is -1.85. The van der Waals surface area contributed by atoms with Crippen LogP contribution >= 0.6 is 0 Å². The third-order valence-electron chi connectivity index (χ3n) is 6.07. The van der Waals surface area contributed by atoms with Crippen molar-refractivity contribution in [3.63, 3.8) is 0 Å². The molecule has 1 aromatic rings. The molecule has 1 unspecified atom stereocenters. The van der Waals surface area contributed by atoms with E-state index in [1.165, 1.54) is 16.4 Å². The molecule has 27 heavy (non-hydrogen) atoms. The van der Waals surface area contributed by atoms with Gasteiger partial charge in [-0.3, -0.25) is 4.79 Å². The minimum atomic E-state index is -3.71. The molecule has 1 aliphatic heterocycles. The molecule has 3 rings (SSSR count). The van der Waals surface area contributed by atoms with E-state index in [1.54, 1.807) is 0 Å². The first-order valence-electron chi connectivity index (χ1n) is 9.81. The summed E-state index contributed by atoms with van der Waals surface area (Å²) in [6.07, 6.45) is 5.69. The lowest BCUT2D eigenvalue weighted by Gasteiger charge is -2.38. The van der Waals surface area contributed by atoms with Crippen molar-refractivity contribution < 1.29 is 17.6 Å². The van der Waals surface area contributed by atoms with Crippen LogP contribution in [0.3, 0.4) is 0 Å². The minimum absolute atomic E-state index is 0.0496. The molecule has 5 nitrogen and oxygen atoms in total. The molecule has 2 aliphatic rings. The van der Waals surface area contributed by atoms with Crippen LogP contribution in [0.1, 0.15) is 45.4 Å². The Morgan fingerprint density at radius 1 is 1.11 bits per heavy atom. The predicted octanol–water partition coefficient (Wildman–Crippen LogP) is 3.26. The number of carbonyl (C=O) groups is 1. The summed E-state index contributed by atoms with van der Waals surface area (Å²) in [6, 6.07) is 5.13. The Labute approximate surface area is 161 Å². The Morgan fingerprint density at radius 2 is 1.74 bits per heavy atom. The Hall–Kier alpha value is -1.47. The highest BCUT2D eigenvalue weighted by Crippen LogP contribution is 2.29. The molecule has 0 radical (unpaired) electrons. The van der Waals surface area contributed by atoms with Crippen molar-refractivity contribution in [2.75, 3.05) is 20.1 Å². The molecule has 0 bridgehead atoms. The van der Waals surface area contributed by atoms with E-state index in [9.17, 15) is 17.6 Å². The van der Waals surface area contributed by atoms with Gasteiger partial charge in [0.05, 0.1) is 10.8 Å². The summed E-state index contributed by atoms with van der Waals surface area (Å²) in [5.74, 6) is -0.00766. The van der Waals surface area contributed by atoms with Crippen LogP contribution in [-0.2, 0) is 14.8 Å². The highest BCUT2D eigenvalue weighted by molar-refractivity contribution is 7.89. The number of carbonyl (C=O) groups excluding carboxylic acids is 1. The number of hydrogen-bond donors (Lipinski definition) is 0. The van der Waals surface area contributed by atoms with Gasteiger partial charge in [-0.05, 0) is 68.7 Å². The van der Waals surface area contributed by atoms with Gasteiger partial charge in [-0.25, -0.2) is 12.8 Å². The molecule has 1 saturated carbocycles. The number of sulfonamides is 1. The Kier molecular flexibility index (Phi) is 6.21. The summed E-state index contributed by atoms with van der Waals surface area (Å²) >= 11 is 0. The number of benzene rings is 1. The number of amides is 1. The van der Waals surface area contributed by atoms with Crippen LogP contribution in [0.15, 0.2) is 29.2 Å². The second kappa shape index (κ2) is 8.27. The van der Waals surface area contributed by atoms with E-state index in [2.05, 4.69) is 6.92 Å². The van der Waals surface area contributed by atoms with Crippen molar-refractivity contribution >= 4 is 15.9 Å². The highest BCUT2D eigenvalue weighted by atomic mass is 32.2. The monoisotopic (exact) mass is 396 g/mol. The molecule has 0 aromatic heterocycles. The van der Waals surface area contributed by atoms with Crippen LogP contribution in [0.4, 0.5) is 4.39 Å². The van der Waals surface area contributed by atoms with Crippen molar-refractivity contribution in [3.05, 3.63) is 30.1 Å². The molecule has 1 heterocycles. The molecule has 2 fully saturated rings. The van der Waals surface area contributed by atoms with Crippen LogP contribution < -0.4 is 0 Å². The topological polar surface area (TPSA) is 57.7 Å². The first-order valence-corrected chi connectivity index (χ1v) is 11.3. The quantitative estimate of drug-likeness (QED) is 0.785. The molecule has 1 aromatic carbocycles. The van der Waals surface area contributed by atoms with Crippen molar-refractivity contribution in [2.24, 2.45) is 11.8 Å². The van der Waals surface area contributed by atoms with Gasteiger partial charge in [-0.2, -0.15) is 4.31 Å². The standard InChI is InChI=1S/C20H29FN2O3S/c1-15-5-9-18(10-6-15)22(2)20(24)16-4-3-13-23(14-16)27(25,26)19-11-7-17(21)8-12-19/h7-8,11-12,15-16,18H,3-6,9-10,13-14H2,1-2H3. The second-order valence-electron chi connectivity index (χ2n) is 8.02. The summed E-state index contributed by atoms with van der Waals surface area (Å²) in [5, 5.41) is 0. The van der Waals surface area contributed by atoms with Crippen LogP contribution in [0.25, 0.3) is 0 Å². The minimum Gasteiger partial charge on any atom is -0.342 e. The lowest BCUT2D eigenvalue weighted by molar-refractivity contribution is -0.138. The van der Waals surface area contributed by atoms with Gasteiger partial charge in [0.1, 0.15) is 5.82 Å². The van der Waals surface area contributed by atoms with Crippen LogP contribution in [0.5, 0.6) is 0 Å². The van der Waals surface area contributed by atoms with E-state index < -0.39 is 15.8 Å². The molecule has 1 aliphatic carbocycles. The normalized spacial score (nSPS) is 27.3. The summed E-state index contributed by atoms with van der Waals surface area (Å²) < 4.78 is 40.2. The summed E-state index contributed by atoms with van der Waals surface area (Å²) in [4.78, 5) is 14.9. The first kappa shape index (κ1) is 20.3. The van der Waals surface area contributed by atoms with Gasteiger partial charge in [0.25, 0.3) is 0 Å². The lowest BCUT2D eigenvalue weighted by Crippen LogP contribution is -2.48. The summed E-state index contributed by atoms with van der Waals surface area (Å²) in [6.45, 7) is 2.84. The maximum Gasteiger partial charge on any atom is 0.243 e. The van der Waals surface area contributed by atoms with Crippen LogP contribution in [0, 0.1) is 17.7 Å². The smallest absolute Gasteiger partial charge is 0.243 e. The van der Waals surface area contributed by atoms with E-state index in [4.69, 9.17) is 0 Å². The number of piperidine rings is 1.